The lowest BCUT2D eigenvalue weighted by Gasteiger charge is -2.44. The molecular weight excluding hydrogens is 413 g/mol. The molecule has 7 nitrogen and oxygen atoms in total. The summed E-state index contributed by atoms with van der Waals surface area (Å²) >= 11 is 0. The first-order valence-electron chi connectivity index (χ1n) is 9.39. The lowest BCUT2D eigenvalue weighted by molar-refractivity contribution is -0.168. The Morgan fingerprint density at radius 3 is 2.37 bits per heavy atom. The maximum absolute atomic E-state index is 13.2. The van der Waals surface area contributed by atoms with E-state index in [1.54, 1.807) is 32.9 Å². The summed E-state index contributed by atoms with van der Waals surface area (Å²) in [5.41, 5.74) is -0.0571. The molecule has 1 aliphatic rings. The van der Waals surface area contributed by atoms with Crippen LogP contribution in [-0.2, 0) is 26.2 Å². The fourth-order valence-corrected chi connectivity index (χ4v) is 5.25. The van der Waals surface area contributed by atoms with Crippen LogP contribution < -0.4 is 4.74 Å². The largest absolute Gasteiger partial charge is 0.489 e. The Bertz CT molecular complexity index is 1000. The van der Waals surface area contributed by atoms with Crippen LogP contribution in [0.25, 0.3) is 0 Å². The van der Waals surface area contributed by atoms with E-state index in [9.17, 15) is 22.7 Å². The minimum Gasteiger partial charge on any atom is -0.489 e. The lowest BCUT2D eigenvalue weighted by atomic mass is 10.0. The average molecular weight is 437 g/mol. The molecule has 1 N–H and O–H groups in total. The number of benzene rings is 2. The first-order chi connectivity index (χ1) is 14.0. The molecule has 1 aliphatic heterocycles. The quantitative estimate of drug-likeness (QED) is 0.747. The second-order valence-electron chi connectivity index (χ2n) is 7.80. The highest BCUT2D eigenvalue weighted by Gasteiger charge is 2.48. The summed E-state index contributed by atoms with van der Waals surface area (Å²) in [6.07, 6.45) is -0.806. The van der Waals surface area contributed by atoms with Crippen molar-refractivity contribution in [2.45, 2.75) is 50.0 Å². The Labute approximate surface area is 175 Å². The summed E-state index contributed by atoms with van der Waals surface area (Å²) in [5, 5.41) is 9.57. The molecule has 0 aliphatic carbocycles. The zero-order chi connectivity index (χ0) is 22.1. The van der Waals surface area contributed by atoms with Crippen LogP contribution >= 0.6 is 0 Å². The molecule has 30 heavy (non-hydrogen) atoms. The minimum absolute atomic E-state index is 0.0345. The first kappa shape index (κ1) is 22.2. The van der Waals surface area contributed by atoms with Crippen molar-refractivity contribution in [3.8, 4) is 5.75 Å². The molecule has 3 rings (SSSR count). The third kappa shape index (κ3) is 4.80. The van der Waals surface area contributed by atoms with Crippen LogP contribution in [0.2, 0.25) is 0 Å². The average Bonchev–Trinajstić information content (AvgIpc) is 2.66. The summed E-state index contributed by atoms with van der Waals surface area (Å²) in [6, 6.07) is 10.3. The summed E-state index contributed by atoms with van der Waals surface area (Å²) in [7, 11) is -4.07. The molecule has 0 radical (unpaired) electrons. The van der Waals surface area contributed by atoms with Gasteiger partial charge in [0.2, 0.25) is 10.0 Å². The standard InChI is InChI=1S/C21H24FNO6S/c1-14-19(20(24)25)23(13-21(2,3)29-14)30(26,27)18-10-8-17(9-11-18)28-12-15-4-6-16(22)7-5-15/h4-11,14,19H,12-13H2,1-3H3,(H,24,25)/t14-,19+/m0/s1. The molecule has 1 saturated heterocycles. The van der Waals surface area contributed by atoms with E-state index in [1.165, 1.54) is 36.4 Å². The fraction of sp³-hybridized carbons (Fsp3) is 0.381. The summed E-state index contributed by atoms with van der Waals surface area (Å²) in [4.78, 5) is 11.7. The maximum Gasteiger partial charge on any atom is 0.324 e. The van der Waals surface area contributed by atoms with Crippen molar-refractivity contribution < 1.29 is 32.2 Å². The van der Waals surface area contributed by atoms with Crippen molar-refractivity contribution in [2.75, 3.05) is 6.54 Å². The van der Waals surface area contributed by atoms with Crippen LogP contribution in [0.15, 0.2) is 53.4 Å². The minimum atomic E-state index is -4.07. The van der Waals surface area contributed by atoms with Crippen LogP contribution in [0, 0.1) is 5.82 Å². The Morgan fingerprint density at radius 2 is 1.80 bits per heavy atom. The Balaban J connectivity index is 1.79. The summed E-state index contributed by atoms with van der Waals surface area (Å²) in [5.74, 6) is -1.17. The topological polar surface area (TPSA) is 93.1 Å². The van der Waals surface area contributed by atoms with E-state index in [2.05, 4.69) is 0 Å². The van der Waals surface area contributed by atoms with Gasteiger partial charge in [-0.2, -0.15) is 4.31 Å². The molecule has 1 fully saturated rings. The molecule has 1 heterocycles. The summed E-state index contributed by atoms with van der Waals surface area (Å²) < 4.78 is 51.6. The van der Waals surface area contributed by atoms with E-state index in [4.69, 9.17) is 9.47 Å². The smallest absolute Gasteiger partial charge is 0.324 e. The van der Waals surface area contributed by atoms with Crippen LogP contribution in [-0.4, -0.2) is 48.1 Å². The number of halogens is 1. The maximum atomic E-state index is 13.2. The zero-order valence-electron chi connectivity index (χ0n) is 16.9. The summed E-state index contributed by atoms with van der Waals surface area (Å²) in [6.45, 7) is 5.10. The molecule has 0 bridgehead atoms. The molecule has 2 aromatic carbocycles. The number of rotatable bonds is 6. The predicted molar refractivity (Wildman–Crippen MR) is 107 cm³/mol. The van der Waals surface area contributed by atoms with E-state index in [-0.39, 0.29) is 23.9 Å². The second-order valence-corrected chi connectivity index (χ2v) is 9.69. The van der Waals surface area contributed by atoms with Gasteiger partial charge in [-0.1, -0.05) is 12.1 Å². The van der Waals surface area contributed by atoms with Crippen LogP contribution in [0.3, 0.4) is 0 Å². The molecule has 2 atom stereocenters. The molecular formula is C21H24FNO6S. The lowest BCUT2D eigenvalue weighted by Crippen LogP contribution is -2.62. The number of ether oxygens (including phenoxy) is 2. The molecule has 9 heteroatoms. The number of hydrogen-bond acceptors (Lipinski definition) is 5. The highest BCUT2D eigenvalue weighted by atomic mass is 32.2. The normalized spacial score (nSPS) is 21.9. The molecule has 0 saturated carbocycles. The van der Waals surface area contributed by atoms with Gasteiger partial charge < -0.3 is 14.6 Å². The molecule has 0 spiro atoms. The van der Waals surface area contributed by atoms with E-state index in [1.807, 2.05) is 0 Å². The second kappa shape index (κ2) is 8.33. The first-order valence-corrected chi connectivity index (χ1v) is 10.8. The molecule has 0 amide bonds. The third-order valence-electron chi connectivity index (χ3n) is 4.80. The van der Waals surface area contributed by atoms with Crippen molar-refractivity contribution in [3.63, 3.8) is 0 Å². The van der Waals surface area contributed by atoms with Gasteiger partial charge >= 0.3 is 5.97 Å². The Hall–Kier alpha value is -2.49. The Morgan fingerprint density at radius 1 is 1.20 bits per heavy atom. The van der Waals surface area contributed by atoms with Crippen molar-refractivity contribution in [2.24, 2.45) is 0 Å². The van der Waals surface area contributed by atoms with Gasteiger partial charge in [-0.3, -0.25) is 4.79 Å². The van der Waals surface area contributed by atoms with Gasteiger partial charge in [-0.25, -0.2) is 12.8 Å². The highest BCUT2D eigenvalue weighted by Crippen LogP contribution is 2.31. The number of sulfonamides is 1. The van der Waals surface area contributed by atoms with Gasteiger partial charge in [0.25, 0.3) is 0 Å². The van der Waals surface area contributed by atoms with Crippen molar-refractivity contribution >= 4 is 16.0 Å². The number of hydrogen-bond donors (Lipinski definition) is 1. The van der Waals surface area contributed by atoms with E-state index in [0.29, 0.717) is 5.75 Å². The van der Waals surface area contributed by atoms with Crippen LogP contribution in [0.4, 0.5) is 4.39 Å². The van der Waals surface area contributed by atoms with Crippen LogP contribution in [0.5, 0.6) is 5.75 Å². The van der Waals surface area contributed by atoms with Gasteiger partial charge in [0, 0.05) is 6.54 Å². The number of morpholine rings is 1. The highest BCUT2D eigenvalue weighted by molar-refractivity contribution is 7.89. The van der Waals surface area contributed by atoms with Crippen LogP contribution in [0.1, 0.15) is 26.3 Å². The van der Waals surface area contributed by atoms with Crippen molar-refractivity contribution in [3.05, 3.63) is 59.9 Å². The third-order valence-corrected chi connectivity index (χ3v) is 6.64. The van der Waals surface area contributed by atoms with Gasteiger partial charge in [0.1, 0.15) is 24.2 Å². The van der Waals surface area contributed by atoms with Crippen molar-refractivity contribution in [1.82, 2.24) is 4.31 Å². The number of carboxylic acids is 1. The number of aliphatic carboxylic acids is 1. The van der Waals surface area contributed by atoms with E-state index in [0.717, 1.165) is 9.87 Å². The molecule has 0 aromatic heterocycles. The van der Waals surface area contributed by atoms with Gasteiger partial charge in [-0.05, 0) is 62.7 Å². The Kier molecular flexibility index (Phi) is 6.16. The van der Waals surface area contributed by atoms with Gasteiger partial charge in [0.15, 0.2) is 0 Å². The predicted octanol–water partition coefficient (Wildman–Crippen LogP) is 3.05. The molecule has 162 valence electrons. The van der Waals surface area contributed by atoms with Crippen molar-refractivity contribution in [1.29, 1.82) is 0 Å². The number of carbonyl (C=O) groups is 1. The van der Waals surface area contributed by atoms with E-state index < -0.39 is 33.7 Å². The monoisotopic (exact) mass is 437 g/mol. The van der Waals surface area contributed by atoms with E-state index >= 15 is 0 Å². The number of carboxylic acid groups (broad SMARTS) is 1. The molecule has 0 unspecified atom stereocenters. The zero-order valence-corrected chi connectivity index (χ0v) is 17.7. The molecule has 2 aromatic rings. The van der Waals surface area contributed by atoms with Gasteiger partial charge in [0.05, 0.1) is 16.6 Å². The fourth-order valence-electron chi connectivity index (χ4n) is 3.46. The SMILES string of the molecule is C[C@@H]1OC(C)(C)CN(S(=O)(=O)c2ccc(OCc3ccc(F)cc3)cc2)[C@H]1C(=O)O. The number of nitrogens with zero attached hydrogens (tertiary/aromatic N) is 1. The van der Waals surface area contributed by atoms with Gasteiger partial charge in [-0.15, -0.1) is 0 Å².